The number of ether oxygens (including phenoxy) is 3. The first-order chi connectivity index (χ1) is 18.6. The van der Waals surface area contributed by atoms with E-state index in [2.05, 4.69) is 29.2 Å². The predicted molar refractivity (Wildman–Crippen MR) is 153 cm³/mol. The summed E-state index contributed by atoms with van der Waals surface area (Å²) in [6.07, 6.45) is 7.19. The Balaban J connectivity index is 0.00000308. The number of hydrogen-bond acceptors (Lipinski definition) is 6. The maximum atomic E-state index is 13.4. The number of hydrogen-bond donors (Lipinski definition) is 1. The van der Waals surface area contributed by atoms with E-state index in [0.717, 1.165) is 91.7 Å². The van der Waals surface area contributed by atoms with Crippen molar-refractivity contribution in [2.75, 3.05) is 46.6 Å². The van der Waals surface area contributed by atoms with Crippen molar-refractivity contribution in [1.29, 1.82) is 0 Å². The summed E-state index contributed by atoms with van der Waals surface area (Å²) < 4.78 is 16.6. The molecule has 39 heavy (non-hydrogen) atoms. The number of benzene rings is 2. The molecule has 2 aromatic carbocycles. The second-order valence-corrected chi connectivity index (χ2v) is 11.2. The van der Waals surface area contributed by atoms with E-state index in [4.69, 9.17) is 14.2 Å². The van der Waals surface area contributed by atoms with Crippen LogP contribution in [-0.4, -0.2) is 79.6 Å². The van der Waals surface area contributed by atoms with Crippen LogP contribution in [0, 0.1) is 5.92 Å². The molecule has 2 saturated heterocycles. The summed E-state index contributed by atoms with van der Waals surface area (Å²) in [5.74, 6) is 2.20. The van der Waals surface area contributed by atoms with Gasteiger partial charge in [-0.3, -0.25) is 4.79 Å². The van der Waals surface area contributed by atoms with Crippen molar-refractivity contribution in [3.63, 3.8) is 0 Å². The first-order valence-corrected chi connectivity index (χ1v) is 14.0. The third-order valence-corrected chi connectivity index (χ3v) is 8.55. The van der Waals surface area contributed by atoms with Crippen LogP contribution in [0.15, 0.2) is 59.4 Å². The van der Waals surface area contributed by atoms with Crippen molar-refractivity contribution >= 4 is 29.1 Å². The number of nitrogens with zero attached hydrogens (tertiary/aromatic N) is 2. The Labute approximate surface area is 236 Å². The normalized spacial score (nSPS) is 24.3. The van der Waals surface area contributed by atoms with Crippen molar-refractivity contribution in [3.05, 3.63) is 64.9 Å². The molecule has 1 aliphatic carbocycles. The van der Waals surface area contributed by atoms with E-state index in [1.54, 1.807) is 7.11 Å². The number of likely N-dealkylation sites (tertiary alicyclic amines) is 1. The molecule has 0 aromatic heterocycles. The number of aliphatic hydroxyl groups excluding tert-OH is 1. The molecule has 2 fully saturated rings. The summed E-state index contributed by atoms with van der Waals surface area (Å²) in [6.45, 7) is 4.40. The van der Waals surface area contributed by atoms with Crippen LogP contribution in [0.4, 0.5) is 0 Å². The van der Waals surface area contributed by atoms with Crippen LogP contribution in [0.1, 0.15) is 37.7 Å². The first kappa shape index (κ1) is 28.0. The molecule has 4 aliphatic rings. The molecule has 3 unspecified atom stereocenters. The van der Waals surface area contributed by atoms with E-state index in [1.807, 2.05) is 23.1 Å². The van der Waals surface area contributed by atoms with Crippen LogP contribution < -0.4 is 4.74 Å². The van der Waals surface area contributed by atoms with E-state index >= 15 is 0 Å². The van der Waals surface area contributed by atoms with Crippen LogP contribution in [-0.2, 0) is 20.7 Å². The summed E-state index contributed by atoms with van der Waals surface area (Å²) in [5.41, 5.74) is 3.19. The van der Waals surface area contributed by atoms with Crippen molar-refractivity contribution in [3.8, 4) is 5.75 Å². The monoisotopic (exact) mass is 554 g/mol. The van der Waals surface area contributed by atoms with Gasteiger partial charge in [-0.2, -0.15) is 0 Å². The van der Waals surface area contributed by atoms with Gasteiger partial charge in [0.2, 0.25) is 0 Å². The Morgan fingerprint density at radius 2 is 2.08 bits per heavy atom. The van der Waals surface area contributed by atoms with Crippen LogP contribution in [0.2, 0.25) is 0 Å². The Bertz CT molecular complexity index is 1260. The van der Waals surface area contributed by atoms with Gasteiger partial charge in [0.05, 0.1) is 13.2 Å². The van der Waals surface area contributed by atoms with Crippen molar-refractivity contribution in [2.24, 2.45) is 5.92 Å². The molecule has 2 aromatic rings. The second-order valence-electron chi connectivity index (χ2n) is 11.2. The topological polar surface area (TPSA) is 71.5 Å². The van der Waals surface area contributed by atoms with Gasteiger partial charge in [0.1, 0.15) is 17.6 Å². The lowest BCUT2D eigenvalue weighted by molar-refractivity contribution is -0.128. The van der Waals surface area contributed by atoms with Crippen molar-refractivity contribution < 1.29 is 24.1 Å². The molecule has 8 heteroatoms. The molecule has 3 heterocycles. The average Bonchev–Trinajstić information content (AvgIpc) is 3.27. The van der Waals surface area contributed by atoms with Crippen molar-refractivity contribution in [2.45, 2.75) is 50.7 Å². The third-order valence-electron chi connectivity index (χ3n) is 8.55. The third kappa shape index (κ3) is 6.12. The van der Waals surface area contributed by atoms with Gasteiger partial charge in [0.25, 0.3) is 5.91 Å². The number of rotatable bonds is 7. The fourth-order valence-corrected chi connectivity index (χ4v) is 6.59. The number of aliphatic hydroxyl groups is 1. The van der Waals surface area contributed by atoms with Crippen LogP contribution in [0.5, 0.6) is 5.75 Å². The molecule has 0 saturated carbocycles. The Morgan fingerprint density at radius 1 is 1.18 bits per heavy atom. The lowest BCUT2D eigenvalue weighted by Crippen LogP contribution is -2.44. The largest absolute Gasteiger partial charge is 0.497 e. The summed E-state index contributed by atoms with van der Waals surface area (Å²) in [5, 5.41) is 13.4. The first-order valence-electron chi connectivity index (χ1n) is 14.0. The maximum Gasteiger partial charge on any atom is 0.253 e. The van der Waals surface area contributed by atoms with Gasteiger partial charge >= 0.3 is 0 Å². The molecule has 7 nitrogen and oxygen atoms in total. The molecule has 3 atom stereocenters. The summed E-state index contributed by atoms with van der Waals surface area (Å²) >= 11 is 0. The molecular weight excluding hydrogens is 516 g/mol. The molecule has 6 rings (SSSR count). The molecule has 0 spiro atoms. The van der Waals surface area contributed by atoms with E-state index in [1.165, 1.54) is 5.57 Å². The lowest BCUT2D eigenvalue weighted by Gasteiger charge is -2.35. The number of β-amino-alcohol motifs (C(OH)–C–C–N with tert-alkyl or cyclic N) is 1. The highest BCUT2D eigenvalue weighted by atomic mass is 35.5. The number of fused-ring (bicyclic) bond motifs is 2. The molecule has 210 valence electrons. The van der Waals surface area contributed by atoms with Crippen LogP contribution in [0.3, 0.4) is 0 Å². The van der Waals surface area contributed by atoms with Crippen molar-refractivity contribution in [1.82, 2.24) is 9.80 Å². The summed E-state index contributed by atoms with van der Waals surface area (Å²) in [4.78, 5) is 17.8. The molecule has 0 bridgehead atoms. The highest BCUT2D eigenvalue weighted by Gasteiger charge is 2.36. The van der Waals surface area contributed by atoms with Gasteiger partial charge < -0.3 is 29.1 Å². The van der Waals surface area contributed by atoms with Gasteiger partial charge in [-0.05, 0) is 66.3 Å². The molecule has 3 aliphatic heterocycles. The van der Waals surface area contributed by atoms with E-state index in [-0.39, 0.29) is 31.2 Å². The quantitative estimate of drug-likeness (QED) is 0.545. The van der Waals surface area contributed by atoms with Gasteiger partial charge in [-0.15, -0.1) is 12.4 Å². The zero-order valence-electron chi connectivity index (χ0n) is 22.6. The minimum atomic E-state index is -0.443. The minimum Gasteiger partial charge on any atom is -0.497 e. The Morgan fingerprint density at radius 3 is 2.95 bits per heavy atom. The Hall–Kier alpha value is -2.58. The standard InChI is InChI=1S/C31H38N2O5.ClH/c1-36-26-8-9-27-22(6-4-7-23(27)14-26)13-25(34)19-32-11-3-2-5-21(17-32)18-33-12-10-24-15-29-30(38-20-37-29)16-28(24)31(33)35;/h4,6-9,14,16,21,25,29,34H,2-3,5,10-13,15,17-20H2,1H3;1H. The number of methoxy groups -OCH3 is 1. The predicted octanol–water partition coefficient (Wildman–Crippen LogP) is 4.47. The maximum absolute atomic E-state index is 13.4. The second kappa shape index (κ2) is 12.3. The molecule has 0 radical (unpaired) electrons. The van der Waals surface area contributed by atoms with Crippen LogP contribution in [0.25, 0.3) is 10.8 Å². The molecule has 1 N–H and O–H groups in total. The highest BCUT2D eigenvalue weighted by Crippen LogP contribution is 2.36. The zero-order valence-corrected chi connectivity index (χ0v) is 23.5. The smallest absolute Gasteiger partial charge is 0.253 e. The van der Waals surface area contributed by atoms with E-state index in [9.17, 15) is 9.90 Å². The number of carbonyl (C=O) groups is 1. The van der Waals surface area contributed by atoms with Gasteiger partial charge in [-0.1, -0.05) is 36.3 Å². The minimum absolute atomic E-state index is 0. The number of carbonyl (C=O) groups excluding carboxylic acids is 1. The van der Waals surface area contributed by atoms with Gasteiger partial charge in [-0.25, -0.2) is 0 Å². The van der Waals surface area contributed by atoms with E-state index in [0.29, 0.717) is 18.9 Å². The average molecular weight is 555 g/mol. The van der Waals surface area contributed by atoms with E-state index < -0.39 is 6.10 Å². The highest BCUT2D eigenvalue weighted by molar-refractivity contribution is 5.98. The van der Waals surface area contributed by atoms with Gasteiger partial charge in [0.15, 0.2) is 6.79 Å². The summed E-state index contributed by atoms with van der Waals surface area (Å²) in [7, 11) is 1.68. The molecule has 1 amide bonds. The number of halogens is 1. The molecular formula is C31H39ClN2O5. The van der Waals surface area contributed by atoms with Gasteiger partial charge in [0, 0.05) is 44.6 Å². The lowest BCUT2D eigenvalue weighted by atomic mass is 9.88. The fourth-order valence-electron chi connectivity index (χ4n) is 6.59. The van der Waals surface area contributed by atoms with Crippen LogP contribution >= 0.6 is 12.4 Å². The Kier molecular flexibility index (Phi) is 8.82. The zero-order chi connectivity index (χ0) is 26.1. The summed E-state index contributed by atoms with van der Waals surface area (Å²) in [6, 6.07) is 12.4. The fraction of sp³-hybridized carbons (Fsp3) is 0.516. The number of amides is 1. The SMILES string of the molecule is COc1ccc2c(CC(O)CN3CCCCC(CN4CCC5=C(C=C6OCOC6C5)C4=O)C3)cccc2c1.Cl.